The second-order valence-electron chi connectivity index (χ2n) is 4.80. The van der Waals surface area contributed by atoms with Crippen LogP contribution >= 0.6 is 11.6 Å². The van der Waals surface area contributed by atoms with Gasteiger partial charge in [-0.15, -0.1) is 0 Å². The van der Waals surface area contributed by atoms with E-state index in [9.17, 15) is 9.65 Å². The van der Waals surface area contributed by atoms with Gasteiger partial charge in [0.15, 0.2) is 16.9 Å². The van der Waals surface area contributed by atoms with Crippen LogP contribution in [0.1, 0.15) is 19.4 Å². The first-order valence-corrected chi connectivity index (χ1v) is 6.57. The number of hydrogen-bond donors (Lipinski definition) is 0. The largest absolute Gasteiger partial charge is 0.475 e. The maximum absolute atomic E-state index is 13.3. The fraction of sp³-hybridized carbons (Fsp3) is 0.188. The average molecular weight is 314 g/mol. The van der Waals surface area contributed by atoms with Crippen LogP contribution in [0.3, 0.4) is 0 Å². The van der Waals surface area contributed by atoms with E-state index < -0.39 is 11.4 Å². The number of halogens is 2. The summed E-state index contributed by atoms with van der Waals surface area (Å²) in [5, 5.41) is 27.2. The van der Waals surface area contributed by atoms with Crippen LogP contribution in [0.2, 0.25) is 5.02 Å². The molecule has 1 aliphatic rings. The molecule has 0 N–H and O–H groups in total. The number of ether oxygens (including phenoxy) is 1. The van der Waals surface area contributed by atoms with Gasteiger partial charge in [-0.3, -0.25) is 0 Å². The molecule has 0 saturated carbocycles. The molecule has 4 nitrogen and oxygen atoms in total. The minimum Gasteiger partial charge on any atom is -0.475 e. The van der Waals surface area contributed by atoms with Gasteiger partial charge in [-0.2, -0.15) is 15.8 Å². The second-order valence-corrected chi connectivity index (χ2v) is 5.21. The van der Waals surface area contributed by atoms with E-state index in [-0.39, 0.29) is 21.9 Å². The van der Waals surface area contributed by atoms with Gasteiger partial charge in [0.25, 0.3) is 0 Å². The third-order valence-electron chi connectivity index (χ3n) is 3.66. The van der Waals surface area contributed by atoms with Gasteiger partial charge in [-0.1, -0.05) is 17.7 Å². The van der Waals surface area contributed by atoms with Crippen LogP contribution in [-0.4, -0.2) is 0 Å². The molecule has 0 spiro atoms. The van der Waals surface area contributed by atoms with Crippen molar-refractivity contribution in [2.24, 2.45) is 0 Å². The third-order valence-corrected chi connectivity index (χ3v) is 3.95. The molecule has 1 heterocycles. The lowest BCUT2D eigenvalue weighted by Crippen LogP contribution is -2.23. The van der Waals surface area contributed by atoms with Crippen molar-refractivity contribution in [2.45, 2.75) is 19.4 Å². The molecule has 0 aromatic heterocycles. The van der Waals surface area contributed by atoms with Gasteiger partial charge in [0.05, 0.1) is 10.6 Å². The van der Waals surface area contributed by atoms with Gasteiger partial charge in [0.2, 0.25) is 0 Å². The molecule has 0 saturated heterocycles. The van der Waals surface area contributed by atoms with Gasteiger partial charge in [-0.05, 0) is 31.6 Å². The van der Waals surface area contributed by atoms with Crippen molar-refractivity contribution in [1.29, 1.82) is 15.8 Å². The molecule has 0 fully saturated rings. The zero-order chi connectivity index (χ0) is 16.5. The van der Waals surface area contributed by atoms with Crippen LogP contribution in [0, 0.1) is 39.8 Å². The predicted molar refractivity (Wildman–Crippen MR) is 76.4 cm³/mol. The topological polar surface area (TPSA) is 80.6 Å². The van der Waals surface area contributed by atoms with Gasteiger partial charge >= 0.3 is 0 Å². The SMILES string of the molecule is CC1=C(C#N)C(=C(C#N)C#N)OC1(C)c1ccc(F)c(Cl)c1. The summed E-state index contributed by atoms with van der Waals surface area (Å²) in [5.74, 6) is -0.632. The molecule has 6 heteroatoms. The molecule has 2 rings (SSSR count). The van der Waals surface area contributed by atoms with Crippen molar-refractivity contribution in [2.75, 3.05) is 0 Å². The highest BCUT2D eigenvalue weighted by molar-refractivity contribution is 6.30. The molecular formula is C16H9ClFN3O. The van der Waals surface area contributed by atoms with Gasteiger partial charge in [0.1, 0.15) is 24.0 Å². The summed E-state index contributed by atoms with van der Waals surface area (Å²) < 4.78 is 19.1. The van der Waals surface area contributed by atoms with Gasteiger partial charge < -0.3 is 4.74 Å². The molecule has 108 valence electrons. The number of benzene rings is 1. The zero-order valence-corrected chi connectivity index (χ0v) is 12.5. The standard InChI is InChI=1S/C16H9ClFN3O/c1-9-12(8-21)15(10(6-19)7-20)22-16(9,2)11-3-4-14(18)13(17)5-11/h3-5H,1-2H3. The third kappa shape index (κ3) is 2.21. The average Bonchev–Trinajstić information content (AvgIpc) is 2.76. The Morgan fingerprint density at radius 2 is 1.91 bits per heavy atom. The Kier molecular flexibility index (Phi) is 3.91. The summed E-state index contributed by atoms with van der Waals surface area (Å²) in [6, 6.07) is 9.46. The van der Waals surface area contributed by atoms with E-state index in [0.29, 0.717) is 11.1 Å². The number of nitriles is 3. The molecule has 1 aromatic rings. The maximum Gasteiger partial charge on any atom is 0.172 e. The van der Waals surface area contributed by atoms with Gasteiger partial charge in [0, 0.05) is 5.56 Å². The van der Waals surface area contributed by atoms with E-state index in [4.69, 9.17) is 26.9 Å². The molecule has 1 atom stereocenters. The molecule has 1 unspecified atom stereocenters. The van der Waals surface area contributed by atoms with Crippen molar-refractivity contribution in [3.8, 4) is 18.2 Å². The first-order valence-electron chi connectivity index (χ1n) is 6.20. The Morgan fingerprint density at radius 1 is 1.27 bits per heavy atom. The highest BCUT2D eigenvalue weighted by Crippen LogP contribution is 2.46. The van der Waals surface area contributed by atoms with Crippen molar-refractivity contribution < 1.29 is 9.13 Å². The van der Waals surface area contributed by atoms with Crippen LogP contribution in [-0.2, 0) is 10.3 Å². The fourth-order valence-corrected chi connectivity index (χ4v) is 2.43. The zero-order valence-electron chi connectivity index (χ0n) is 11.7. The Balaban J connectivity index is 2.69. The Morgan fingerprint density at radius 3 is 2.41 bits per heavy atom. The number of allylic oxidation sites excluding steroid dienone is 2. The Bertz CT molecular complexity index is 836. The van der Waals surface area contributed by atoms with Crippen molar-refractivity contribution in [1.82, 2.24) is 0 Å². The normalized spacial score (nSPS) is 20.0. The van der Waals surface area contributed by atoms with Crippen molar-refractivity contribution in [3.63, 3.8) is 0 Å². The lowest BCUT2D eigenvalue weighted by atomic mass is 9.88. The molecule has 1 aromatic carbocycles. The number of rotatable bonds is 1. The van der Waals surface area contributed by atoms with E-state index >= 15 is 0 Å². The number of nitrogens with zero attached hydrogens (tertiary/aromatic N) is 3. The van der Waals surface area contributed by atoms with Crippen LogP contribution < -0.4 is 0 Å². The summed E-state index contributed by atoms with van der Waals surface area (Å²) in [7, 11) is 0. The maximum atomic E-state index is 13.3. The molecule has 0 radical (unpaired) electrons. The summed E-state index contributed by atoms with van der Waals surface area (Å²) in [5.41, 5.74) is -0.213. The first-order chi connectivity index (χ1) is 10.4. The summed E-state index contributed by atoms with van der Waals surface area (Å²) in [4.78, 5) is 0. The van der Waals surface area contributed by atoms with E-state index in [1.165, 1.54) is 18.2 Å². The molecule has 0 bridgehead atoms. The van der Waals surface area contributed by atoms with E-state index in [1.807, 2.05) is 6.07 Å². The minimum atomic E-state index is -1.10. The Labute approximate surface area is 131 Å². The lowest BCUT2D eigenvalue weighted by molar-refractivity contribution is 0.0727. The summed E-state index contributed by atoms with van der Waals surface area (Å²) in [6.45, 7) is 3.33. The number of hydrogen-bond acceptors (Lipinski definition) is 4. The summed E-state index contributed by atoms with van der Waals surface area (Å²) >= 11 is 5.80. The van der Waals surface area contributed by atoms with E-state index in [1.54, 1.807) is 26.0 Å². The van der Waals surface area contributed by atoms with Crippen LogP contribution in [0.25, 0.3) is 0 Å². The smallest absolute Gasteiger partial charge is 0.172 e. The summed E-state index contributed by atoms with van der Waals surface area (Å²) in [6.07, 6.45) is 0. The lowest BCUT2D eigenvalue weighted by Gasteiger charge is -2.27. The molecule has 0 aliphatic carbocycles. The van der Waals surface area contributed by atoms with E-state index in [2.05, 4.69) is 0 Å². The second kappa shape index (κ2) is 5.53. The quantitative estimate of drug-likeness (QED) is 0.737. The highest BCUT2D eigenvalue weighted by Gasteiger charge is 2.42. The van der Waals surface area contributed by atoms with Crippen LogP contribution in [0.15, 0.2) is 40.7 Å². The minimum absolute atomic E-state index is 0.0621. The monoisotopic (exact) mass is 313 g/mol. The fourth-order valence-electron chi connectivity index (χ4n) is 2.25. The van der Waals surface area contributed by atoms with Crippen LogP contribution in [0.4, 0.5) is 4.39 Å². The highest BCUT2D eigenvalue weighted by atomic mass is 35.5. The Hall–Kier alpha value is -2.81. The van der Waals surface area contributed by atoms with Crippen molar-refractivity contribution in [3.05, 3.63) is 57.1 Å². The van der Waals surface area contributed by atoms with Crippen LogP contribution in [0.5, 0.6) is 0 Å². The van der Waals surface area contributed by atoms with Gasteiger partial charge in [-0.25, -0.2) is 4.39 Å². The first kappa shape index (κ1) is 15.6. The molecule has 1 aliphatic heterocycles. The van der Waals surface area contributed by atoms with E-state index in [0.717, 1.165) is 0 Å². The molecular weight excluding hydrogens is 305 g/mol. The van der Waals surface area contributed by atoms with Crippen molar-refractivity contribution >= 4 is 11.6 Å². The molecule has 22 heavy (non-hydrogen) atoms. The molecule has 0 amide bonds. The predicted octanol–water partition coefficient (Wildman–Crippen LogP) is 3.87.